The second kappa shape index (κ2) is 8.57. The Labute approximate surface area is 223 Å². The fourth-order valence-corrected chi connectivity index (χ4v) is 5.24. The molecule has 0 amide bonds. The van der Waals surface area contributed by atoms with Gasteiger partial charge >= 0.3 is 0 Å². The molecule has 0 aliphatic carbocycles. The fourth-order valence-electron chi connectivity index (χ4n) is 5.24. The van der Waals surface area contributed by atoms with E-state index in [4.69, 9.17) is 19.4 Å². The Kier molecular flexibility index (Phi) is 4.76. The molecule has 5 aromatic carbocycles. The van der Waals surface area contributed by atoms with Crippen LogP contribution in [0.4, 0.5) is 0 Å². The summed E-state index contributed by atoms with van der Waals surface area (Å²) >= 11 is 0. The molecule has 8 aromatic rings. The van der Waals surface area contributed by atoms with Crippen molar-refractivity contribution in [1.82, 2.24) is 19.9 Å². The molecule has 3 aromatic heterocycles. The van der Waals surface area contributed by atoms with Crippen molar-refractivity contribution in [2.45, 2.75) is 0 Å². The fraction of sp³-hybridized carbons (Fsp3) is 0. The maximum Gasteiger partial charge on any atom is 0.227 e. The van der Waals surface area contributed by atoms with Gasteiger partial charge in [0.05, 0.1) is 16.7 Å². The van der Waals surface area contributed by atoms with Gasteiger partial charge in [-0.2, -0.15) is 0 Å². The standard InChI is InChI=1S/C34H20N4O/c1-2-8-23(9-3-1)34-38-32-29(39-34)19-18-26-30(32)25-11-5-7-13-28(25)36-31(26)21-14-16-22(17-15-21)33-35-20-24-10-4-6-12-27(24)37-33/h1-20H. The molecule has 0 aliphatic heterocycles. The number of para-hydroxylation sites is 2. The van der Waals surface area contributed by atoms with Gasteiger partial charge in [0.1, 0.15) is 5.52 Å². The summed E-state index contributed by atoms with van der Waals surface area (Å²) in [4.78, 5) is 19.4. The molecule has 8 rings (SSSR count). The first-order valence-corrected chi connectivity index (χ1v) is 12.8. The quantitative estimate of drug-likeness (QED) is 0.228. The SMILES string of the molecule is c1ccc(-c2nc3c(ccc4c(-c5ccc(-c6ncc7ccccc7n6)cc5)nc5ccccc5c43)o2)cc1. The maximum atomic E-state index is 6.21. The number of nitrogens with zero attached hydrogens (tertiary/aromatic N) is 4. The van der Waals surface area contributed by atoms with Crippen LogP contribution < -0.4 is 0 Å². The highest BCUT2D eigenvalue weighted by Crippen LogP contribution is 2.38. The van der Waals surface area contributed by atoms with Gasteiger partial charge in [0.2, 0.25) is 5.89 Å². The Balaban J connectivity index is 1.31. The normalized spacial score (nSPS) is 11.6. The molecular weight excluding hydrogens is 480 g/mol. The van der Waals surface area contributed by atoms with E-state index in [0.717, 1.165) is 66.1 Å². The van der Waals surface area contributed by atoms with E-state index in [1.807, 2.05) is 85.1 Å². The smallest absolute Gasteiger partial charge is 0.227 e. The Morgan fingerprint density at radius 2 is 1.26 bits per heavy atom. The van der Waals surface area contributed by atoms with E-state index in [9.17, 15) is 0 Å². The van der Waals surface area contributed by atoms with Crippen LogP contribution in [0.25, 0.3) is 77.8 Å². The van der Waals surface area contributed by atoms with E-state index < -0.39 is 0 Å². The van der Waals surface area contributed by atoms with Crippen LogP contribution in [0.1, 0.15) is 0 Å². The Morgan fingerprint density at radius 3 is 2.13 bits per heavy atom. The molecule has 5 heteroatoms. The topological polar surface area (TPSA) is 64.7 Å². The highest BCUT2D eigenvalue weighted by Gasteiger charge is 2.17. The zero-order chi connectivity index (χ0) is 25.8. The van der Waals surface area contributed by atoms with Gasteiger partial charge in [0, 0.05) is 44.4 Å². The molecular formula is C34H20N4O. The second-order valence-corrected chi connectivity index (χ2v) is 9.53. The summed E-state index contributed by atoms with van der Waals surface area (Å²) in [5.74, 6) is 1.31. The lowest BCUT2D eigenvalue weighted by Gasteiger charge is -2.11. The van der Waals surface area contributed by atoms with Crippen molar-refractivity contribution in [3.8, 4) is 34.1 Å². The van der Waals surface area contributed by atoms with Crippen LogP contribution in [-0.4, -0.2) is 19.9 Å². The molecule has 0 fully saturated rings. The van der Waals surface area contributed by atoms with Crippen LogP contribution >= 0.6 is 0 Å². The van der Waals surface area contributed by atoms with Gasteiger partial charge in [-0.05, 0) is 36.4 Å². The van der Waals surface area contributed by atoms with Gasteiger partial charge in [-0.25, -0.2) is 19.9 Å². The van der Waals surface area contributed by atoms with E-state index in [1.54, 1.807) is 0 Å². The summed E-state index contributed by atoms with van der Waals surface area (Å²) < 4.78 is 6.21. The van der Waals surface area contributed by atoms with Crippen LogP contribution in [-0.2, 0) is 0 Å². The minimum absolute atomic E-state index is 0.611. The molecule has 0 aliphatic rings. The Bertz CT molecular complexity index is 2170. The molecule has 3 heterocycles. The largest absolute Gasteiger partial charge is 0.436 e. The number of aromatic nitrogens is 4. The number of hydrogen-bond acceptors (Lipinski definition) is 5. The lowest BCUT2D eigenvalue weighted by atomic mass is 9.98. The number of benzene rings is 5. The number of hydrogen-bond donors (Lipinski definition) is 0. The average Bonchev–Trinajstić information content (AvgIpc) is 3.46. The molecule has 0 saturated heterocycles. The summed E-state index contributed by atoms with van der Waals surface area (Å²) in [6.07, 6.45) is 1.87. The predicted octanol–water partition coefficient (Wildman–Crippen LogP) is 8.47. The minimum atomic E-state index is 0.611. The van der Waals surface area contributed by atoms with E-state index >= 15 is 0 Å². The minimum Gasteiger partial charge on any atom is -0.436 e. The van der Waals surface area contributed by atoms with Gasteiger partial charge in [-0.3, -0.25) is 0 Å². The summed E-state index contributed by atoms with van der Waals surface area (Å²) in [7, 11) is 0. The van der Waals surface area contributed by atoms with Crippen LogP contribution in [0, 0.1) is 0 Å². The zero-order valence-corrected chi connectivity index (χ0v) is 20.7. The lowest BCUT2D eigenvalue weighted by Crippen LogP contribution is -1.92. The average molecular weight is 501 g/mol. The molecule has 0 saturated carbocycles. The molecule has 39 heavy (non-hydrogen) atoms. The van der Waals surface area contributed by atoms with Crippen molar-refractivity contribution in [1.29, 1.82) is 0 Å². The number of oxazole rings is 1. The molecule has 0 bridgehead atoms. The van der Waals surface area contributed by atoms with Gasteiger partial charge in [0.15, 0.2) is 11.4 Å². The third-order valence-electron chi connectivity index (χ3n) is 7.15. The number of rotatable bonds is 3. The predicted molar refractivity (Wildman–Crippen MR) is 156 cm³/mol. The van der Waals surface area contributed by atoms with Crippen molar-refractivity contribution >= 4 is 43.7 Å². The molecule has 0 atom stereocenters. The molecule has 0 radical (unpaired) electrons. The zero-order valence-electron chi connectivity index (χ0n) is 20.7. The second-order valence-electron chi connectivity index (χ2n) is 9.53. The summed E-state index contributed by atoms with van der Waals surface area (Å²) in [6, 6.07) is 38.6. The first-order valence-electron chi connectivity index (χ1n) is 12.8. The van der Waals surface area contributed by atoms with Crippen molar-refractivity contribution < 1.29 is 4.42 Å². The van der Waals surface area contributed by atoms with Crippen LogP contribution in [0.5, 0.6) is 0 Å². The molecule has 0 spiro atoms. The van der Waals surface area contributed by atoms with Gasteiger partial charge in [0.25, 0.3) is 0 Å². The third kappa shape index (κ3) is 3.55. The van der Waals surface area contributed by atoms with E-state index in [1.165, 1.54) is 0 Å². The number of pyridine rings is 1. The maximum absolute atomic E-state index is 6.21. The summed E-state index contributed by atoms with van der Waals surface area (Å²) in [5.41, 5.74) is 7.27. The molecule has 0 N–H and O–H groups in total. The lowest BCUT2D eigenvalue weighted by molar-refractivity contribution is 0.620. The van der Waals surface area contributed by atoms with Gasteiger partial charge in [-0.1, -0.05) is 78.9 Å². The molecule has 182 valence electrons. The van der Waals surface area contributed by atoms with Crippen LogP contribution in [0.15, 0.2) is 126 Å². The van der Waals surface area contributed by atoms with Crippen molar-refractivity contribution in [2.75, 3.05) is 0 Å². The first-order chi connectivity index (χ1) is 19.3. The third-order valence-corrected chi connectivity index (χ3v) is 7.15. The van der Waals surface area contributed by atoms with Crippen LogP contribution in [0.3, 0.4) is 0 Å². The van der Waals surface area contributed by atoms with E-state index in [0.29, 0.717) is 11.7 Å². The van der Waals surface area contributed by atoms with Crippen molar-refractivity contribution in [2.24, 2.45) is 0 Å². The highest BCUT2D eigenvalue weighted by molar-refractivity contribution is 6.20. The first kappa shape index (κ1) is 21.6. The molecule has 5 nitrogen and oxygen atoms in total. The van der Waals surface area contributed by atoms with Crippen molar-refractivity contribution in [3.63, 3.8) is 0 Å². The summed E-state index contributed by atoms with van der Waals surface area (Å²) in [5, 5.41) is 4.15. The van der Waals surface area contributed by atoms with Gasteiger partial charge < -0.3 is 4.42 Å². The Morgan fingerprint density at radius 1 is 0.513 bits per heavy atom. The van der Waals surface area contributed by atoms with Crippen molar-refractivity contribution in [3.05, 3.63) is 121 Å². The molecule has 0 unspecified atom stereocenters. The Hall–Kier alpha value is -5.42. The van der Waals surface area contributed by atoms with Crippen LogP contribution in [0.2, 0.25) is 0 Å². The summed E-state index contributed by atoms with van der Waals surface area (Å²) in [6.45, 7) is 0. The van der Waals surface area contributed by atoms with E-state index in [2.05, 4.69) is 41.4 Å². The highest BCUT2D eigenvalue weighted by atomic mass is 16.3. The monoisotopic (exact) mass is 500 g/mol. The van der Waals surface area contributed by atoms with E-state index in [-0.39, 0.29) is 0 Å². The number of fused-ring (bicyclic) bond motifs is 6. The van der Waals surface area contributed by atoms with Gasteiger partial charge in [-0.15, -0.1) is 0 Å².